The largest absolute Gasteiger partial charge is 0.497 e. The lowest BCUT2D eigenvalue weighted by molar-refractivity contribution is 0.414. The van der Waals surface area contributed by atoms with Crippen molar-refractivity contribution in [3.05, 3.63) is 59.8 Å². The van der Waals surface area contributed by atoms with E-state index in [2.05, 4.69) is 15.3 Å². The summed E-state index contributed by atoms with van der Waals surface area (Å²) in [5, 5.41) is 3.61. The quantitative estimate of drug-likeness (QED) is 0.727. The van der Waals surface area contributed by atoms with E-state index in [-0.39, 0.29) is 0 Å². The van der Waals surface area contributed by atoms with Gasteiger partial charge >= 0.3 is 0 Å². The first kappa shape index (κ1) is 18.4. The van der Waals surface area contributed by atoms with Gasteiger partial charge in [-0.2, -0.15) is 0 Å². The minimum Gasteiger partial charge on any atom is -0.497 e. The van der Waals surface area contributed by atoms with Crippen LogP contribution in [0.5, 0.6) is 5.75 Å². The van der Waals surface area contributed by atoms with E-state index >= 15 is 0 Å². The fourth-order valence-electron chi connectivity index (χ4n) is 3.21. The highest BCUT2D eigenvalue weighted by molar-refractivity contribution is 7.92. The van der Waals surface area contributed by atoms with Crippen molar-refractivity contribution in [1.82, 2.24) is 4.98 Å². The molecule has 0 unspecified atom stereocenters. The number of anilines is 1. The lowest BCUT2D eigenvalue weighted by Gasteiger charge is -2.13. The summed E-state index contributed by atoms with van der Waals surface area (Å²) in [5.41, 5.74) is 3.58. The van der Waals surface area contributed by atoms with Crippen molar-refractivity contribution < 1.29 is 13.2 Å². The number of rotatable bonds is 4. The standard InChI is InChI=1S/C21H21N3O3S/c1-13(2)28(25,26)16-6-7-19-18(11-16)20(8-9-22-19)24-21-17-10-15(27-3)5-4-14(17)12-23-21/h4-11,13H,12H2,1-3H3,(H,22,23,24). The van der Waals surface area contributed by atoms with E-state index in [1.165, 1.54) is 0 Å². The molecule has 7 heteroatoms. The molecule has 4 rings (SSSR count). The number of aliphatic imine (C=N–C) groups is 1. The number of nitrogens with one attached hydrogen (secondary N) is 1. The summed E-state index contributed by atoms with van der Waals surface area (Å²) < 4.78 is 30.5. The number of pyridine rings is 1. The van der Waals surface area contributed by atoms with Gasteiger partial charge in [-0.15, -0.1) is 0 Å². The lowest BCUT2D eigenvalue weighted by atomic mass is 10.1. The Morgan fingerprint density at radius 3 is 2.68 bits per heavy atom. The SMILES string of the molecule is COc1ccc2c(c1)C(Nc1ccnc3ccc(S(=O)(=O)C(C)C)cc13)=NC2. The summed E-state index contributed by atoms with van der Waals surface area (Å²) >= 11 is 0. The van der Waals surface area contributed by atoms with Gasteiger partial charge in [0.25, 0.3) is 0 Å². The molecule has 0 spiro atoms. The normalized spacial score (nSPS) is 13.5. The third-order valence-electron chi connectivity index (χ3n) is 4.89. The van der Waals surface area contributed by atoms with Crippen LogP contribution in [0.15, 0.2) is 58.5 Å². The van der Waals surface area contributed by atoms with Crippen molar-refractivity contribution in [3.8, 4) is 5.75 Å². The molecule has 0 bridgehead atoms. The maximum absolute atomic E-state index is 12.6. The molecule has 0 atom stereocenters. The van der Waals surface area contributed by atoms with Crippen molar-refractivity contribution in [1.29, 1.82) is 0 Å². The molecule has 0 radical (unpaired) electrons. The predicted octanol–water partition coefficient (Wildman–Crippen LogP) is 3.80. The molecule has 0 saturated carbocycles. The third kappa shape index (κ3) is 3.11. The lowest BCUT2D eigenvalue weighted by Crippen LogP contribution is -2.14. The van der Waals surface area contributed by atoms with Gasteiger partial charge < -0.3 is 10.1 Å². The molecule has 0 fully saturated rings. The molecule has 1 aliphatic heterocycles. The van der Waals surface area contributed by atoms with Crippen LogP contribution in [-0.2, 0) is 16.4 Å². The van der Waals surface area contributed by atoms with Gasteiger partial charge in [-0.25, -0.2) is 8.42 Å². The number of ether oxygens (including phenoxy) is 1. The van der Waals surface area contributed by atoms with Gasteiger partial charge in [0.15, 0.2) is 9.84 Å². The number of nitrogens with zero attached hydrogens (tertiary/aromatic N) is 2. The van der Waals surface area contributed by atoms with Crippen LogP contribution >= 0.6 is 0 Å². The van der Waals surface area contributed by atoms with Crippen LogP contribution in [0.3, 0.4) is 0 Å². The molecule has 0 saturated heterocycles. The highest BCUT2D eigenvalue weighted by Gasteiger charge is 2.21. The summed E-state index contributed by atoms with van der Waals surface area (Å²) in [4.78, 5) is 9.25. The summed E-state index contributed by atoms with van der Waals surface area (Å²) in [6, 6.07) is 12.7. The van der Waals surface area contributed by atoms with Crippen molar-refractivity contribution in [2.45, 2.75) is 30.5 Å². The zero-order valence-electron chi connectivity index (χ0n) is 15.9. The summed E-state index contributed by atoms with van der Waals surface area (Å²) in [6.07, 6.45) is 1.70. The molecule has 3 aromatic rings. The van der Waals surface area contributed by atoms with Gasteiger partial charge in [0.05, 0.1) is 35.0 Å². The Kier molecular flexibility index (Phi) is 4.55. The number of sulfone groups is 1. The highest BCUT2D eigenvalue weighted by Crippen LogP contribution is 2.29. The van der Waals surface area contributed by atoms with Gasteiger partial charge in [-0.3, -0.25) is 9.98 Å². The minimum absolute atomic E-state index is 0.293. The number of benzene rings is 2. The second kappa shape index (κ2) is 6.91. The van der Waals surface area contributed by atoms with E-state index in [0.717, 1.165) is 39.3 Å². The van der Waals surface area contributed by atoms with E-state index in [0.29, 0.717) is 11.4 Å². The van der Waals surface area contributed by atoms with Crippen LogP contribution in [0.25, 0.3) is 10.9 Å². The Labute approximate surface area is 164 Å². The molecule has 1 N–H and O–H groups in total. The van der Waals surface area contributed by atoms with Gasteiger partial charge in [-0.1, -0.05) is 6.07 Å². The van der Waals surface area contributed by atoms with Crippen molar-refractivity contribution in [2.24, 2.45) is 4.99 Å². The zero-order valence-corrected chi connectivity index (χ0v) is 16.7. The number of amidine groups is 1. The number of hydrogen-bond acceptors (Lipinski definition) is 6. The van der Waals surface area contributed by atoms with Crippen LogP contribution < -0.4 is 10.1 Å². The van der Waals surface area contributed by atoms with Crippen molar-refractivity contribution in [3.63, 3.8) is 0 Å². The molecule has 0 amide bonds. The molecule has 6 nitrogen and oxygen atoms in total. The molecule has 2 heterocycles. The molecule has 2 aromatic carbocycles. The number of methoxy groups -OCH3 is 1. The second-order valence-corrected chi connectivity index (χ2v) is 9.45. The van der Waals surface area contributed by atoms with E-state index in [1.54, 1.807) is 45.4 Å². The molecule has 0 aliphatic carbocycles. The first-order valence-corrected chi connectivity index (χ1v) is 10.6. The van der Waals surface area contributed by atoms with E-state index < -0.39 is 15.1 Å². The number of hydrogen-bond donors (Lipinski definition) is 1. The van der Waals surface area contributed by atoms with Crippen molar-refractivity contribution >= 4 is 32.3 Å². The zero-order chi connectivity index (χ0) is 19.9. The average Bonchev–Trinajstić information content (AvgIpc) is 3.09. The smallest absolute Gasteiger partial charge is 0.180 e. The van der Waals surface area contributed by atoms with E-state index in [4.69, 9.17) is 4.74 Å². The Morgan fingerprint density at radius 1 is 1.11 bits per heavy atom. The fraction of sp³-hybridized carbons (Fsp3) is 0.238. The minimum atomic E-state index is -3.37. The van der Waals surface area contributed by atoms with E-state index in [1.807, 2.05) is 24.3 Å². The molecule has 1 aliphatic rings. The molecule has 1 aromatic heterocycles. The Hall–Kier alpha value is -2.93. The Morgan fingerprint density at radius 2 is 1.93 bits per heavy atom. The second-order valence-electron chi connectivity index (χ2n) is 6.94. The monoisotopic (exact) mass is 395 g/mol. The Bertz CT molecular complexity index is 1200. The molecule has 144 valence electrons. The first-order chi connectivity index (χ1) is 13.4. The third-order valence-corrected chi connectivity index (χ3v) is 7.05. The van der Waals surface area contributed by atoms with Crippen LogP contribution in [0.1, 0.15) is 25.0 Å². The average molecular weight is 395 g/mol. The van der Waals surface area contributed by atoms with Gasteiger partial charge in [0.2, 0.25) is 0 Å². The van der Waals surface area contributed by atoms with Crippen LogP contribution in [0, 0.1) is 0 Å². The summed E-state index contributed by atoms with van der Waals surface area (Å²) in [5.74, 6) is 1.50. The van der Waals surface area contributed by atoms with Crippen molar-refractivity contribution in [2.75, 3.05) is 12.4 Å². The van der Waals surface area contributed by atoms with Gasteiger partial charge in [0.1, 0.15) is 11.6 Å². The molecular weight excluding hydrogens is 374 g/mol. The van der Waals surface area contributed by atoms with Crippen LogP contribution in [0.2, 0.25) is 0 Å². The van der Waals surface area contributed by atoms with Gasteiger partial charge in [0, 0.05) is 17.1 Å². The number of fused-ring (bicyclic) bond motifs is 2. The van der Waals surface area contributed by atoms with Crippen LogP contribution in [0.4, 0.5) is 5.69 Å². The maximum atomic E-state index is 12.6. The predicted molar refractivity (Wildman–Crippen MR) is 111 cm³/mol. The highest BCUT2D eigenvalue weighted by atomic mass is 32.2. The molecular formula is C21H21N3O3S. The molecule has 28 heavy (non-hydrogen) atoms. The van der Waals surface area contributed by atoms with E-state index in [9.17, 15) is 8.42 Å². The number of aromatic nitrogens is 1. The first-order valence-electron chi connectivity index (χ1n) is 9.01. The maximum Gasteiger partial charge on any atom is 0.180 e. The fourth-order valence-corrected chi connectivity index (χ4v) is 4.29. The van der Waals surface area contributed by atoms with Gasteiger partial charge in [-0.05, 0) is 55.8 Å². The summed E-state index contributed by atoms with van der Waals surface area (Å²) in [7, 11) is -1.74. The Balaban J connectivity index is 1.77. The topological polar surface area (TPSA) is 80.6 Å². The summed E-state index contributed by atoms with van der Waals surface area (Å²) in [6.45, 7) is 3.96. The van der Waals surface area contributed by atoms with Crippen LogP contribution in [-0.4, -0.2) is 31.6 Å².